The van der Waals surface area contributed by atoms with E-state index >= 15 is 0 Å². The van der Waals surface area contributed by atoms with E-state index in [0.29, 0.717) is 11.2 Å². The van der Waals surface area contributed by atoms with E-state index in [4.69, 9.17) is 14.0 Å². The van der Waals surface area contributed by atoms with Crippen LogP contribution in [0.2, 0.25) is 0 Å². The van der Waals surface area contributed by atoms with Crippen LogP contribution in [0.4, 0.5) is 10.5 Å². The van der Waals surface area contributed by atoms with Crippen molar-refractivity contribution in [2.24, 2.45) is 4.99 Å². The summed E-state index contributed by atoms with van der Waals surface area (Å²) in [7, 11) is -0.645. The molecule has 0 aliphatic carbocycles. The first-order valence-electron chi connectivity index (χ1n) is 9.54. The van der Waals surface area contributed by atoms with Gasteiger partial charge in [-0.15, -0.1) is 0 Å². The van der Waals surface area contributed by atoms with Crippen molar-refractivity contribution < 1.29 is 23.6 Å². The summed E-state index contributed by atoms with van der Waals surface area (Å²) in [6.07, 6.45) is 2.86. The largest absolute Gasteiger partial charge is 0.492 e. The second-order valence-corrected chi connectivity index (χ2v) is 8.96. The fourth-order valence-corrected chi connectivity index (χ4v) is 2.64. The summed E-state index contributed by atoms with van der Waals surface area (Å²) in [5.74, 6) is 0. The summed E-state index contributed by atoms with van der Waals surface area (Å²) in [5.41, 5.74) is 0.346. The normalized spacial score (nSPS) is 18.2. The van der Waals surface area contributed by atoms with Crippen LogP contribution >= 0.6 is 0 Å². The number of aliphatic imine (C=N–C) groups is 1. The fourth-order valence-electron chi connectivity index (χ4n) is 2.64. The third kappa shape index (κ3) is 6.29. The molecule has 29 heavy (non-hydrogen) atoms. The summed E-state index contributed by atoms with van der Waals surface area (Å²) in [6.45, 7) is 13.4. The van der Waals surface area contributed by atoms with Gasteiger partial charge >= 0.3 is 13.2 Å². The van der Waals surface area contributed by atoms with E-state index < -0.39 is 30.0 Å². The van der Waals surface area contributed by atoms with Gasteiger partial charge in [0.2, 0.25) is 6.08 Å². The van der Waals surface area contributed by atoms with E-state index in [2.05, 4.69) is 10.3 Å². The highest BCUT2D eigenvalue weighted by Crippen LogP contribution is 2.38. The van der Waals surface area contributed by atoms with Gasteiger partial charge in [-0.2, -0.15) is 4.99 Å². The van der Waals surface area contributed by atoms with E-state index in [1.165, 1.54) is 6.08 Å². The van der Waals surface area contributed by atoms with Gasteiger partial charge in [0.15, 0.2) is 0 Å². The van der Waals surface area contributed by atoms with Crippen LogP contribution in [0.15, 0.2) is 34.7 Å². The van der Waals surface area contributed by atoms with Gasteiger partial charge in [-0.1, -0.05) is 18.2 Å². The molecular formula is C21H29BN2O5. The quantitative estimate of drug-likeness (QED) is 0.455. The number of rotatable bonds is 5. The van der Waals surface area contributed by atoms with Crippen LogP contribution in [-0.4, -0.2) is 42.6 Å². The number of amides is 1. The van der Waals surface area contributed by atoms with Crippen LogP contribution in [0.25, 0.3) is 6.08 Å². The van der Waals surface area contributed by atoms with Crippen molar-refractivity contribution in [3.8, 4) is 0 Å². The van der Waals surface area contributed by atoms with Gasteiger partial charge in [0.25, 0.3) is 0 Å². The SMILES string of the molecule is CC(C)(C)OC(=O)NCC(=Cc1cccc(N=C=O)c1)B1OC(C)(C)C(C)(C)O1. The molecular weight excluding hydrogens is 371 g/mol. The Kier molecular flexibility index (Phi) is 6.73. The molecule has 0 atom stereocenters. The third-order valence-corrected chi connectivity index (χ3v) is 4.79. The van der Waals surface area contributed by atoms with E-state index in [9.17, 15) is 9.59 Å². The lowest BCUT2D eigenvalue weighted by Gasteiger charge is -2.32. The summed E-state index contributed by atoms with van der Waals surface area (Å²) < 4.78 is 17.6. The zero-order valence-corrected chi connectivity index (χ0v) is 18.2. The van der Waals surface area contributed by atoms with Crippen molar-refractivity contribution in [3.63, 3.8) is 0 Å². The van der Waals surface area contributed by atoms with Crippen LogP contribution in [0.3, 0.4) is 0 Å². The average Bonchev–Trinajstić information content (AvgIpc) is 2.78. The summed E-state index contributed by atoms with van der Waals surface area (Å²) in [6, 6.07) is 7.09. The first-order valence-corrected chi connectivity index (χ1v) is 9.54. The molecule has 0 aromatic heterocycles. The first kappa shape index (κ1) is 22.9. The zero-order valence-electron chi connectivity index (χ0n) is 18.2. The number of hydrogen-bond donors (Lipinski definition) is 1. The van der Waals surface area contributed by atoms with E-state index in [-0.39, 0.29) is 6.54 Å². The number of benzene rings is 1. The molecule has 0 saturated carbocycles. The molecule has 0 bridgehead atoms. The molecule has 1 aromatic rings. The Morgan fingerprint density at radius 2 is 1.86 bits per heavy atom. The Balaban J connectivity index is 2.30. The Hall–Kier alpha value is -2.41. The van der Waals surface area contributed by atoms with Crippen molar-refractivity contribution in [1.82, 2.24) is 5.32 Å². The molecule has 0 spiro atoms. The van der Waals surface area contributed by atoms with Crippen LogP contribution in [0.1, 0.15) is 54.0 Å². The van der Waals surface area contributed by atoms with Crippen molar-refractivity contribution in [1.29, 1.82) is 0 Å². The Labute approximate surface area is 172 Å². The number of carbonyl (C=O) groups is 1. The molecule has 7 nitrogen and oxygen atoms in total. The Morgan fingerprint density at radius 3 is 2.41 bits per heavy atom. The Morgan fingerprint density at radius 1 is 1.24 bits per heavy atom. The van der Waals surface area contributed by atoms with Gasteiger partial charge in [-0.3, -0.25) is 0 Å². The monoisotopic (exact) mass is 400 g/mol. The molecule has 1 aliphatic rings. The molecule has 0 unspecified atom stereocenters. The standard InChI is InChI=1S/C21H29BN2O5/c1-19(2,3)27-18(26)23-13-16(22-28-20(4,5)21(6,7)29-22)11-15-9-8-10-17(12-15)24-14-25/h8-12H,13H2,1-7H3,(H,23,26). The van der Waals surface area contributed by atoms with Crippen LogP contribution < -0.4 is 5.32 Å². The molecule has 2 rings (SSSR count). The minimum Gasteiger partial charge on any atom is -0.444 e. The number of alkyl carbamates (subject to hydrolysis) is 1. The highest BCUT2D eigenvalue weighted by Gasteiger charge is 2.52. The number of nitrogens with zero attached hydrogens (tertiary/aromatic N) is 1. The minimum absolute atomic E-state index is 0.174. The maximum Gasteiger partial charge on any atom is 0.492 e. The van der Waals surface area contributed by atoms with Gasteiger partial charge in [-0.25, -0.2) is 9.59 Å². The zero-order chi connectivity index (χ0) is 21.9. The molecule has 1 heterocycles. The summed E-state index contributed by atoms with van der Waals surface area (Å²) >= 11 is 0. The van der Waals surface area contributed by atoms with Gasteiger partial charge in [0.1, 0.15) is 5.60 Å². The summed E-state index contributed by atoms with van der Waals surface area (Å²) in [4.78, 5) is 26.3. The van der Waals surface area contributed by atoms with Crippen molar-refractivity contribution in [2.45, 2.75) is 65.3 Å². The lowest BCUT2D eigenvalue weighted by atomic mass is 9.77. The molecule has 1 amide bonds. The molecule has 8 heteroatoms. The number of ether oxygens (including phenoxy) is 1. The predicted molar refractivity (Wildman–Crippen MR) is 113 cm³/mol. The van der Waals surface area contributed by atoms with Gasteiger partial charge < -0.3 is 19.4 Å². The van der Waals surface area contributed by atoms with Crippen LogP contribution in [-0.2, 0) is 18.8 Å². The first-order chi connectivity index (χ1) is 13.3. The summed E-state index contributed by atoms with van der Waals surface area (Å²) in [5, 5.41) is 2.76. The Bertz CT molecular complexity index is 820. The molecule has 0 radical (unpaired) electrons. The second kappa shape index (κ2) is 8.53. The van der Waals surface area contributed by atoms with Crippen molar-refractivity contribution in [3.05, 3.63) is 35.3 Å². The molecule has 156 valence electrons. The van der Waals surface area contributed by atoms with Gasteiger partial charge in [0.05, 0.1) is 16.9 Å². The van der Waals surface area contributed by atoms with E-state index in [0.717, 1.165) is 5.56 Å². The maximum absolute atomic E-state index is 12.1. The van der Waals surface area contributed by atoms with E-state index in [1.54, 1.807) is 39.0 Å². The lowest BCUT2D eigenvalue weighted by Crippen LogP contribution is -2.41. The topological polar surface area (TPSA) is 86.2 Å². The van der Waals surface area contributed by atoms with Crippen molar-refractivity contribution in [2.75, 3.05) is 6.54 Å². The predicted octanol–water partition coefficient (Wildman–Crippen LogP) is 4.19. The molecule has 1 aromatic carbocycles. The number of carbonyl (C=O) groups excluding carboxylic acids is 2. The fraction of sp³-hybridized carbons (Fsp3) is 0.524. The number of nitrogens with one attached hydrogen (secondary N) is 1. The molecule has 1 fully saturated rings. The second-order valence-electron chi connectivity index (χ2n) is 8.96. The van der Waals surface area contributed by atoms with Crippen LogP contribution in [0.5, 0.6) is 0 Å². The molecule has 1 aliphatic heterocycles. The average molecular weight is 400 g/mol. The smallest absolute Gasteiger partial charge is 0.444 e. The highest BCUT2D eigenvalue weighted by atomic mass is 16.7. The highest BCUT2D eigenvalue weighted by molar-refractivity contribution is 6.56. The molecule has 1 N–H and O–H groups in total. The minimum atomic E-state index is -0.645. The maximum atomic E-state index is 12.1. The lowest BCUT2D eigenvalue weighted by molar-refractivity contribution is 0.00578. The third-order valence-electron chi connectivity index (χ3n) is 4.79. The number of isocyanates is 1. The van der Waals surface area contributed by atoms with Crippen LogP contribution in [0, 0.1) is 0 Å². The molecule has 1 saturated heterocycles. The van der Waals surface area contributed by atoms with Crippen molar-refractivity contribution >= 4 is 31.1 Å². The van der Waals surface area contributed by atoms with Gasteiger partial charge in [-0.05, 0) is 71.6 Å². The van der Waals surface area contributed by atoms with E-state index in [1.807, 2.05) is 39.8 Å². The van der Waals surface area contributed by atoms with Gasteiger partial charge in [0, 0.05) is 6.54 Å². The number of hydrogen-bond acceptors (Lipinski definition) is 6.